The van der Waals surface area contributed by atoms with Crippen molar-refractivity contribution in [3.8, 4) is 0 Å². The summed E-state index contributed by atoms with van der Waals surface area (Å²) >= 11 is 12.3. The molecule has 0 aliphatic heterocycles. The fraction of sp³-hybridized carbons (Fsp3) is 0.125. The molecular weight excluding hydrogens is 291 g/mol. The van der Waals surface area contributed by atoms with E-state index in [-0.39, 0.29) is 0 Å². The van der Waals surface area contributed by atoms with Gasteiger partial charge in [0.25, 0.3) is 0 Å². The first kappa shape index (κ1) is 13.5. The highest BCUT2D eigenvalue weighted by molar-refractivity contribution is 6.36. The summed E-state index contributed by atoms with van der Waals surface area (Å²) in [5.74, 6) is 0. The zero-order valence-corrected chi connectivity index (χ0v) is 12.3. The largest absolute Gasteiger partial charge is 0.356 e. The quantitative estimate of drug-likeness (QED) is 0.714. The molecule has 0 saturated heterocycles. The fourth-order valence-electron chi connectivity index (χ4n) is 2.26. The number of hydrogen-bond acceptors (Lipinski definition) is 1. The molecule has 0 aliphatic rings. The average Bonchev–Trinajstić information content (AvgIpc) is 2.76. The van der Waals surface area contributed by atoms with Crippen LogP contribution in [0, 0.1) is 0 Å². The highest BCUT2D eigenvalue weighted by Gasteiger charge is 2.08. The van der Waals surface area contributed by atoms with Gasteiger partial charge in [0.05, 0.1) is 5.02 Å². The smallest absolute Gasteiger partial charge is 0.0705 e. The zero-order valence-electron chi connectivity index (χ0n) is 10.8. The fourth-order valence-corrected chi connectivity index (χ4v) is 2.76. The minimum absolute atomic E-state index is 0.694. The van der Waals surface area contributed by atoms with Gasteiger partial charge in [0.2, 0.25) is 0 Å². The lowest BCUT2D eigenvalue weighted by Crippen LogP contribution is -2.13. The predicted molar refractivity (Wildman–Crippen MR) is 85.3 cm³/mol. The highest BCUT2D eigenvalue weighted by Crippen LogP contribution is 2.27. The molecule has 0 amide bonds. The van der Waals surface area contributed by atoms with Crippen LogP contribution in [-0.2, 0) is 13.1 Å². The summed E-state index contributed by atoms with van der Waals surface area (Å²) in [7, 11) is 0. The van der Waals surface area contributed by atoms with Gasteiger partial charge in [-0.25, -0.2) is 0 Å². The first-order chi connectivity index (χ1) is 9.74. The second-order valence-electron chi connectivity index (χ2n) is 4.70. The summed E-state index contributed by atoms with van der Waals surface area (Å²) in [6.07, 6.45) is 0. The maximum absolute atomic E-state index is 6.37. The molecule has 3 rings (SSSR count). The molecule has 4 heteroatoms. The molecule has 0 bridgehead atoms. The third-order valence-electron chi connectivity index (χ3n) is 3.23. The number of aromatic amines is 1. The van der Waals surface area contributed by atoms with Gasteiger partial charge >= 0.3 is 0 Å². The number of benzene rings is 2. The number of hydrogen-bond donors (Lipinski definition) is 2. The van der Waals surface area contributed by atoms with E-state index >= 15 is 0 Å². The lowest BCUT2D eigenvalue weighted by atomic mass is 10.2. The van der Waals surface area contributed by atoms with Crippen LogP contribution in [0.2, 0.25) is 10.0 Å². The number of nitrogens with one attached hydrogen (secondary N) is 2. The molecule has 0 spiro atoms. The minimum Gasteiger partial charge on any atom is -0.356 e. The third-order valence-corrected chi connectivity index (χ3v) is 3.90. The Kier molecular flexibility index (Phi) is 3.97. The van der Waals surface area contributed by atoms with E-state index in [1.807, 2.05) is 48.5 Å². The summed E-state index contributed by atoms with van der Waals surface area (Å²) in [6.45, 7) is 1.45. The van der Waals surface area contributed by atoms with Crippen molar-refractivity contribution in [2.24, 2.45) is 0 Å². The maximum atomic E-state index is 6.37. The van der Waals surface area contributed by atoms with Crippen LogP contribution in [0.1, 0.15) is 11.3 Å². The molecule has 3 aromatic rings. The van der Waals surface area contributed by atoms with Gasteiger partial charge in [-0.3, -0.25) is 0 Å². The summed E-state index contributed by atoms with van der Waals surface area (Å²) in [6, 6.07) is 15.9. The Morgan fingerprint density at radius 1 is 0.950 bits per heavy atom. The normalized spacial score (nSPS) is 11.1. The summed E-state index contributed by atoms with van der Waals surface area (Å²) in [5.41, 5.74) is 3.23. The van der Waals surface area contributed by atoms with Gasteiger partial charge in [0.1, 0.15) is 0 Å². The van der Waals surface area contributed by atoms with Crippen molar-refractivity contribution < 1.29 is 0 Å². The van der Waals surface area contributed by atoms with Crippen LogP contribution >= 0.6 is 23.2 Å². The lowest BCUT2D eigenvalue weighted by Gasteiger charge is -2.04. The molecule has 2 nitrogen and oxygen atoms in total. The minimum atomic E-state index is 0.694. The Morgan fingerprint density at radius 2 is 1.80 bits per heavy atom. The van der Waals surface area contributed by atoms with Crippen LogP contribution in [0.15, 0.2) is 48.5 Å². The molecule has 0 unspecified atom stereocenters. The van der Waals surface area contributed by atoms with Gasteiger partial charge < -0.3 is 10.3 Å². The molecule has 0 atom stereocenters. The van der Waals surface area contributed by atoms with E-state index in [0.29, 0.717) is 6.54 Å². The van der Waals surface area contributed by atoms with E-state index in [9.17, 15) is 0 Å². The van der Waals surface area contributed by atoms with Gasteiger partial charge in [-0.05, 0) is 23.8 Å². The molecular formula is C16H14Cl2N2. The van der Waals surface area contributed by atoms with E-state index in [1.54, 1.807) is 0 Å². The molecule has 2 N–H and O–H groups in total. The van der Waals surface area contributed by atoms with E-state index in [2.05, 4.69) is 10.3 Å². The van der Waals surface area contributed by atoms with Crippen molar-refractivity contribution in [1.29, 1.82) is 0 Å². The molecule has 20 heavy (non-hydrogen) atoms. The van der Waals surface area contributed by atoms with Crippen molar-refractivity contribution in [3.05, 3.63) is 69.8 Å². The number of fused-ring (bicyclic) bond motifs is 1. The van der Waals surface area contributed by atoms with Crippen molar-refractivity contribution >= 4 is 34.1 Å². The first-order valence-electron chi connectivity index (χ1n) is 6.44. The van der Waals surface area contributed by atoms with Gasteiger partial charge in [-0.15, -0.1) is 0 Å². The topological polar surface area (TPSA) is 27.8 Å². The number of H-pyrrole nitrogens is 1. The van der Waals surface area contributed by atoms with Crippen LogP contribution < -0.4 is 5.32 Å². The monoisotopic (exact) mass is 304 g/mol. The van der Waals surface area contributed by atoms with E-state index in [4.69, 9.17) is 23.2 Å². The average molecular weight is 305 g/mol. The van der Waals surface area contributed by atoms with Gasteiger partial charge in [-0.1, -0.05) is 53.5 Å². The Labute approximate surface area is 127 Å². The Hall–Kier alpha value is -1.48. The van der Waals surface area contributed by atoms with Crippen LogP contribution in [0.4, 0.5) is 0 Å². The number of rotatable bonds is 4. The number of halogens is 2. The molecule has 0 radical (unpaired) electrons. The molecule has 102 valence electrons. The molecule has 1 heterocycles. The Balaban J connectivity index is 1.69. The molecule has 2 aromatic carbocycles. The third kappa shape index (κ3) is 2.83. The van der Waals surface area contributed by atoms with Crippen molar-refractivity contribution in [3.63, 3.8) is 0 Å². The highest BCUT2D eigenvalue weighted by atomic mass is 35.5. The van der Waals surface area contributed by atoms with E-state index in [0.717, 1.165) is 38.8 Å². The van der Waals surface area contributed by atoms with Crippen molar-refractivity contribution in [2.45, 2.75) is 13.1 Å². The standard InChI is InChI=1S/C16H14Cl2N2/c17-12-5-3-4-11(8-12)9-19-10-15-16(18)13-6-1-2-7-14(13)20-15/h1-8,19-20H,9-10H2. The summed E-state index contributed by atoms with van der Waals surface area (Å²) in [4.78, 5) is 3.34. The van der Waals surface area contributed by atoms with Gasteiger partial charge in [0.15, 0.2) is 0 Å². The SMILES string of the molecule is Clc1cccc(CNCc2[nH]c3ccccc3c2Cl)c1. The second kappa shape index (κ2) is 5.88. The first-order valence-corrected chi connectivity index (χ1v) is 7.20. The zero-order chi connectivity index (χ0) is 13.9. The van der Waals surface area contributed by atoms with Gasteiger partial charge in [0, 0.05) is 34.7 Å². The summed E-state index contributed by atoms with van der Waals surface area (Å²) in [5, 5.41) is 5.98. The van der Waals surface area contributed by atoms with Crippen molar-refractivity contribution in [2.75, 3.05) is 0 Å². The molecule has 0 aliphatic carbocycles. The number of para-hydroxylation sites is 1. The van der Waals surface area contributed by atoms with E-state index < -0.39 is 0 Å². The summed E-state index contributed by atoms with van der Waals surface area (Å²) < 4.78 is 0. The number of aromatic nitrogens is 1. The predicted octanol–water partition coefficient (Wildman–Crippen LogP) is 4.76. The maximum Gasteiger partial charge on any atom is 0.0705 e. The lowest BCUT2D eigenvalue weighted by molar-refractivity contribution is 0.684. The van der Waals surface area contributed by atoms with Crippen LogP contribution in [0.5, 0.6) is 0 Å². The van der Waals surface area contributed by atoms with Crippen LogP contribution in [0.3, 0.4) is 0 Å². The Bertz CT molecular complexity index is 734. The second-order valence-corrected chi connectivity index (χ2v) is 5.51. The van der Waals surface area contributed by atoms with Crippen molar-refractivity contribution in [1.82, 2.24) is 10.3 Å². The van der Waals surface area contributed by atoms with E-state index in [1.165, 1.54) is 0 Å². The van der Waals surface area contributed by atoms with Crippen LogP contribution in [-0.4, -0.2) is 4.98 Å². The van der Waals surface area contributed by atoms with Crippen LogP contribution in [0.25, 0.3) is 10.9 Å². The molecule has 0 saturated carbocycles. The Morgan fingerprint density at radius 3 is 2.60 bits per heavy atom. The van der Waals surface area contributed by atoms with Gasteiger partial charge in [-0.2, -0.15) is 0 Å². The molecule has 1 aromatic heterocycles. The molecule has 0 fully saturated rings.